The minimum absolute atomic E-state index is 0.184. The lowest BCUT2D eigenvalue weighted by atomic mass is 10.0. The average molecular weight is 416 g/mol. The number of carbonyl (C=O) groups excluding carboxylic acids is 2. The van der Waals surface area contributed by atoms with Crippen LogP contribution in [0.1, 0.15) is 37.3 Å². The molecular weight excluding hydrogens is 378 g/mol. The van der Waals surface area contributed by atoms with Gasteiger partial charge in [-0.05, 0) is 44.2 Å². The Hall–Kier alpha value is -2.34. The maximum absolute atomic E-state index is 12.7. The van der Waals surface area contributed by atoms with Gasteiger partial charge in [-0.2, -0.15) is 0 Å². The molecule has 2 amide bonds. The molecule has 1 aliphatic rings. The summed E-state index contributed by atoms with van der Waals surface area (Å²) in [5, 5.41) is 0. The third-order valence-electron chi connectivity index (χ3n) is 5.76. The molecular formula is C24H37N3O3. The highest BCUT2D eigenvalue weighted by atomic mass is 16.6. The fraction of sp³-hybridized carbons (Fsp3) is 0.583. The van der Waals surface area contributed by atoms with Crippen LogP contribution in [0.2, 0.25) is 0 Å². The highest BCUT2D eigenvalue weighted by Gasteiger charge is 2.28. The summed E-state index contributed by atoms with van der Waals surface area (Å²) in [7, 11) is 1.82. The van der Waals surface area contributed by atoms with Gasteiger partial charge in [-0.3, -0.25) is 4.79 Å². The van der Waals surface area contributed by atoms with Crippen molar-refractivity contribution in [3.8, 4) is 0 Å². The third kappa shape index (κ3) is 7.82. The quantitative estimate of drug-likeness (QED) is 0.408. The molecule has 2 rings (SSSR count). The first-order valence-corrected chi connectivity index (χ1v) is 10.9. The SMILES string of the molecule is C=CCN(C(=O)OCc1ccc(C)cc1)C1CCN(CCC(C)CN(C)C=O)CC1. The number of ether oxygens (including phenoxy) is 1. The summed E-state index contributed by atoms with van der Waals surface area (Å²) in [5.41, 5.74) is 2.19. The first-order valence-electron chi connectivity index (χ1n) is 10.9. The second kappa shape index (κ2) is 12.4. The fourth-order valence-electron chi connectivity index (χ4n) is 3.91. The molecule has 0 bridgehead atoms. The van der Waals surface area contributed by atoms with Crippen LogP contribution in [-0.2, 0) is 16.1 Å². The maximum atomic E-state index is 12.7. The van der Waals surface area contributed by atoms with Crippen molar-refractivity contribution >= 4 is 12.5 Å². The molecule has 1 aromatic carbocycles. The highest BCUT2D eigenvalue weighted by molar-refractivity contribution is 5.68. The van der Waals surface area contributed by atoms with Crippen LogP contribution in [0.3, 0.4) is 0 Å². The average Bonchev–Trinajstić information content (AvgIpc) is 2.75. The first-order chi connectivity index (χ1) is 14.4. The van der Waals surface area contributed by atoms with E-state index in [4.69, 9.17) is 4.74 Å². The van der Waals surface area contributed by atoms with Crippen molar-refractivity contribution in [2.24, 2.45) is 5.92 Å². The standard InChI is InChI=1S/C24H37N3O3/c1-5-13-27(24(29)30-18-22-8-6-20(2)7-9-22)23-11-15-26(16-12-23)14-10-21(3)17-25(4)19-28/h5-9,19,21,23H,1,10-18H2,2-4H3. The Bertz CT molecular complexity index is 669. The molecule has 1 aromatic rings. The normalized spacial score (nSPS) is 16.0. The Balaban J connectivity index is 1.78. The van der Waals surface area contributed by atoms with E-state index in [2.05, 4.69) is 18.4 Å². The van der Waals surface area contributed by atoms with Gasteiger partial charge in [0, 0.05) is 39.3 Å². The van der Waals surface area contributed by atoms with E-state index in [1.54, 1.807) is 11.0 Å². The smallest absolute Gasteiger partial charge is 0.410 e. The molecule has 1 heterocycles. The molecule has 166 valence electrons. The van der Waals surface area contributed by atoms with E-state index in [1.807, 2.05) is 43.1 Å². The van der Waals surface area contributed by atoms with Gasteiger partial charge in [-0.15, -0.1) is 6.58 Å². The zero-order valence-corrected chi connectivity index (χ0v) is 18.8. The van der Waals surface area contributed by atoms with Gasteiger partial charge in [0.25, 0.3) is 0 Å². The number of carbonyl (C=O) groups is 2. The first kappa shape index (κ1) is 23.9. The molecule has 0 aliphatic carbocycles. The molecule has 0 radical (unpaired) electrons. The van der Waals surface area contributed by atoms with Crippen molar-refractivity contribution in [2.45, 2.75) is 45.8 Å². The van der Waals surface area contributed by atoms with Crippen molar-refractivity contribution in [1.29, 1.82) is 0 Å². The van der Waals surface area contributed by atoms with Gasteiger partial charge in [-0.25, -0.2) is 4.79 Å². The Kier molecular flexibility index (Phi) is 9.87. The van der Waals surface area contributed by atoms with Crippen molar-refractivity contribution in [1.82, 2.24) is 14.7 Å². The minimum Gasteiger partial charge on any atom is -0.445 e. The summed E-state index contributed by atoms with van der Waals surface area (Å²) in [6, 6.07) is 8.22. The molecule has 1 atom stereocenters. The number of piperidine rings is 1. The number of likely N-dealkylation sites (tertiary alicyclic amines) is 1. The van der Waals surface area contributed by atoms with E-state index in [0.29, 0.717) is 19.1 Å². The van der Waals surface area contributed by atoms with E-state index in [-0.39, 0.29) is 12.1 Å². The van der Waals surface area contributed by atoms with Crippen LogP contribution in [0.4, 0.5) is 4.79 Å². The molecule has 6 nitrogen and oxygen atoms in total. The predicted molar refractivity (Wildman–Crippen MR) is 120 cm³/mol. The zero-order valence-electron chi connectivity index (χ0n) is 18.8. The number of amides is 2. The Morgan fingerprint density at radius 2 is 1.97 bits per heavy atom. The van der Waals surface area contributed by atoms with E-state index in [0.717, 1.165) is 57.4 Å². The number of hydrogen-bond acceptors (Lipinski definition) is 4. The van der Waals surface area contributed by atoms with Crippen LogP contribution in [0.5, 0.6) is 0 Å². The zero-order chi connectivity index (χ0) is 21.9. The third-order valence-corrected chi connectivity index (χ3v) is 5.76. The summed E-state index contributed by atoms with van der Waals surface area (Å²) >= 11 is 0. The van der Waals surface area contributed by atoms with Crippen molar-refractivity contribution in [3.05, 3.63) is 48.0 Å². The molecule has 1 fully saturated rings. The molecule has 6 heteroatoms. The van der Waals surface area contributed by atoms with Crippen molar-refractivity contribution < 1.29 is 14.3 Å². The van der Waals surface area contributed by atoms with Gasteiger partial charge in [0.1, 0.15) is 6.61 Å². The topological polar surface area (TPSA) is 53.1 Å². The van der Waals surface area contributed by atoms with E-state index in [9.17, 15) is 9.59 Å². The van der Waals surface area contributed by atoms with Gasteiger partial charge in [-0.1, -0.05) is 42.8 Å². The molecule has 1 unspecified atom stereocenters. The molecule has 0 N–H and O–H groups in total. The van der Waals surface area contributed by atoms with Gasteiger partial charge < -0.3 is 19.4 Å². The highest BCUT2D eigenvalue weighted by Crippen LogP contribution is 2.19. The van der Waals surface area contributed by atoms with E-state index in [1.165, 1.54) is 5.56 Å². The Labute approximate surface area is 181 Å². The molecule has 1 aliphatic heterocycles. The number of benzene rings is 1. The molecule has 0 spiro atoms. The molecule has 0 aromatic heterocycles. The van der Waals surface area contributed by atoms with Crippen LogP contribution < -0.4 is 0 Å². The van der Waals surface area contributed by atoms with E-state index >= 15 is 0 Å². The van der Waals surface area contributed by atoms with Gasteiger partial charge in [0.05, 0.1) is 0 Å². The fourth-order valence-corrected chi connectivity index (χ4v) is 3.91. The number of hydrogen-bond donors (Lipinski definition) is 0. The minimum atomic E-state index is -0.264. The van der Waals surface area contributed by atoms with Crippen molar-refractivity contribution in [2.75, 3.05) is 39.8 Å². The second-order valence-electron chi connectivity index (χ2n) is 8.49. The van der Waals surface area contributed by atoms with Crippen LogP contribution >= 0.6 is 0 Å². The number of rotatable bonds is 11. The summed E-state index contributed by atoms with van der Waals surface area (Å²) in [6.07, 6.45) is 5.34. The molecule has 1 saturated heterocycles. The Morgan fingerprint density at radius 1 is 1.30 bits per heavy atom. The van der Waals surface area contributed by atoms with Gasteiger partial charge >= 0.3 is 6.09 Å². The van der Waals surface area contributed by atoms with E-state index < -0.39 is 0 Å². The van der Waals surface area contributed by atoms with Gasteiger partial charge in [0.15, 0.2) is 0 Å². The largest absolute Gasteiger partial charge is 0.445 e. The van der Waals surface area contributed by atoms with Crippen LogP contribution in [-0.4, -0.2) is 73.0 Å². The van der Waals surface area contributed by atoms with Crippen molar-refractivity contribution in [3.63, 3.8) is 0 Å². The summed E-state index contributed by atoms with van der Waals surface area (Å²) in [5.74, 6) is 0.479. The lowest BCUT2D eigenvalue weighted by Gasteiger charge is -2.38. The summed E-state index contributed by atoms with van der Waals surface area (Å²) in [6.45, 7) is 12.6. The van der Waals surface area contributed by atoms with Crippen LogP contribution in [0, 0.1) is 12.8 Å². The van der Waals surface area contributed by atoms with Crippen LogP contribution in [0.15, 0.2) is 36.9 Å². The molecule has 0 saturated carbocycles. The lowest BCUT2D eigenvalue weighted by molar-refractivity contribution is -0.117. The lowest BCUT2D eigenvalue weighted by Crippen LogP contribution is -2.48. The maximum Gasteiger partial charge on any atom is 0.410 e. The second-order valence-corrected chi connectivity index (χ2v) is 8.49. The number of aryl methyl sites for hydroxylation is 1. The summed E-state index contributed by atoms with van der Waals surface area (Å²) in [4.78, 5) is 29.4. The Morgan fingerprint density at radius 3 is 2.57 bits per heavy atom. The monoisotopic (exact) mass is 415 g/mol. The number of nitrogens with zero attached hydrogens (tertiary/aromatic N) is 3. The predicted octanol–water partition coefficient (Wildman–Crippen LogP) is 3.70. The molecule has 30 heavy (non-hydrogen) atoms. The summed E-state index contributed by atoms with van der Waals surface area (Å²) < 4.78 is 5.58. The van der Waals surface area contributed by atoms with Gasteiger partial charge in [0.2, 0.25) is 6.41 Å². The van der Waals surface area contributed by atoms with Crippen LogP contribution in [0.25, 0.3) is 0 Å².